The molecular weight excluding hydrogens is 246 g/mol. The smallest absolute Gasteiger partial charge is 0.308 e. The second-order valence-corrected chi connectivity index (χ2v) is 4.75. The zero-order valence-electron chi connectivity index (χ0n) is 10.7. The number of hydrogen-bond acceptors (Lipinski definition) is 5. The molecule has 0 spiro atoms. The number of carbonyl (C=O) groups excluding carboxylic acids is 1. The van der Waals surface area contributed by atoms with E-state index < -0.39 is 0 Å². The van der Waals surface area contributed by atoms with Crippen molar-refractivity contribution in [2.75, 3.05) is 6.54 Å². The summed E-state index contributed by atoms with van der Waals surface area (Å²) in [4.78, 5) is 11.8. The molecule has 2 aromatic heterocycles. The molecule has 1 saturated carbocycles. The first-order valence-corrected chi connectivity index (χ1v) is 6.31. The van der Waals surface area contributed by atoms with E-state index in [0.717, 1.165) is 24.8 Å². The van der Waals surface area contributed by atoms with Crippen molar-refractivity contribution in [2.45, 2.75) is 25.2 Å². The van der Waals surface area contributed by atoms with Gasteiger partial charge in [0.25, 0.3) is 0 Å². The number of hydrogen-bond donors (Lipinski definition) is 1. The van der Waals surface area contributed by atoms with Crippen molar-refractivity contribution in [3.63, 3.8) is 0 Å². The normalized spacial score (nSPS) is 14.6. The van der Waals surface area contributed by atoms with E-state index in [1.165, 1.54) is 0 Å². The highest BCUT2D eigenvalue weighted by atomic mass is 16.4. The van der Waals surface area contributed by atoms with E-state index in [-0.39, 0.29) is 11.8 Å². The van der Waals surface area contributed by atoms with E-state index in [0.29, 0.717) is 18.4 Å². The summed E-state index contributed by atoms with van der Waals surface area (Å²) in [5.41, 5.74) is 1.08. The first-order valence-electron chi connectivity index (χ1n) is 6.31. The van der Waals surface area contributed by atoms with Gasteiger partial charge in [-0.2, -0.15) is 5.10 Å². The van der Waals surface area contributed by atoms with Gasteiger partial charge >= 0.3 is 11.8 Å². The molecule has 1 aliphatic carbocycles. The lowest BCUT2D eigenvalue weighted by molar-refractivity contribution is 0.0917. The Kier molecular flexibility index (Phi) is 3.02. The topological polar surface area (TPSA) is 85.8 Å². The van der Waals surface area contributed by atoms with Gasteiger partial charge in [0.1, 0.15) is 0 Å². The molecule has 1 fully saturated rings. The van der Waals surface area contributed by atoms with Gasteiger partial charge in [0.2, 0.25) is 5.89 Å². The largest absolute Gasteiger partial charge is 0.417 e. The van der Waals surface area contributed by atoms with Gasteiger partial charge in [-0.3, -0.25) is 9.48 Å². The van der Waals surface area contributed by atoms with E-state index in [1.54, 1.807) is 10.9 Å². The van der Waals surface area contributed by atoms with Crippen molar-refractivity contribution in [3.8, 4) is 0 Å². The van der Waals surface area contributed by atoms with Crippen LogP contribution in [0.15, 0.2) is 16.8 Å². The van der Waals surface area contributed by atoms with Gasteiger partial charge in [-0.25, -0.2) is 0 Å². The molecular formula is C12H15N5O2. The van der Waals surface area contributed by atoms with Crippen LogP contribution in [0.2, 0.25) is 0 Å². The molecule has 3 rings (SSSR count). The lowest BCUT2D eigenvalue weighted by Crippen LogP contribution is -2.25. The van der Waals surface area contributed by atoms with Crippen molar-refractivity contribution in [2.24, 2.45) is 7.05 Å². The zero-order chi connectivity index (χ0) is 13.2. The van der Waals surface area contributed by atoms with Crippen LogP contribution in [0.5, 0.6) is 0 Å². The minimum absolute atomic E-state index is 0.0492. The Bertz CT molecular complexity index is 584. The van der Waals surface area contributed by atoms with Crippen molar-refractivity contribution >= 4 is 5.91 Å². The molecule has 2 heterocycles. The van der Waals surface area contributed by atoms with Crippen LogP contribution in [-0.4, -0.2) is 32.4 Å². The number of carbonyl (C=O) groups is 1. The Hall–Kier alpha value is -2.18. The van der Waals surface area contributed by atoms with Crippen molar-refractivity contribution in [3.05, 3.63) is 29.7 Å². The summed E-state index contributed by atoms with van der Waals surface area (Å²) in [6, 6.07) is 0. The summed E-state index contributed by atoms with van der Waals surface area (Å²) in [5.74, 6) is 0.679. The number of nitrogens with one attached hydrogen (secondary N) is 1. The Morgan fingerprint density at radius 1 is 1.53 bits per heavy atom. The van der Waals surface area contributed by atoms with Crippen molar-refractivity contribution in [1.29, 1.82) is 0 Å². The van der Waals surface area contributed by atoms with Gasteiger partial charge in [-0.1, -0.05) is 0 Å². The molecule has 0 unspecified atom stereocenters. The quantitative estimate of drug-likeness (QED) is 0.854. The fourth-order valence-electron chi connectivity index (χ4n) is 1.82. The van der Waals surface area contributed by atoms with Crippen LogP contribution in [0.25, 0.3) is 0 Å². The van der Waals surface area contributed by atoms with Gasteiger partial charge in [0.15, 0.2) is 0 Å². The van der Waals surface area contributed by atoms with Crippen LogP contribution in [0.4, 0.5) is 0 Å². The summed E-state index contributed by atoms with van der Waals surface area (Å²) in [6.45, 7) is 0.520. The van der Waals surface area contributed by atoms with Crippen LogP contribution in [0.3, 0.4) is 0 Å². The summed E-state index contributed by atoms with van der Waals surface area (Å²) in [5, 5.41) is 14.5. The SMILES string of the molecule is Cn1cc(CCNC(=O)c2nnc(C3CC3)o2)cn1. The van der Waals surface area contributed by atoms with Gasteiger partial charge in [0, 0.05) is 25.7 Å². The number of amides is 1. The summed E-state index contributed by atoms with van der Waals surface area (Å²) < 4.78 is 7.06. The fraction of sp³-hybridized carbons (Fsp3) is 0.500. The molecule has 0 aliphatic heterocycles. The van der Waals surface area contributed by atoms with Crippen LogP contribution in [0.1, 0.15) is 40.9 Å². The molecule has 0 radical (unpaired) electrons. The maximum absolute atomic E-state index is 11.8. The van der Waals surface area contributed by atoms with Gasteiger partial charge < -0.3 is 9.73 Å². The molecule has 0 aromatic carbocycles. The van der Waals surface area contributed by atoms with E-state index in [4.69, 9.17) is 4.42 Å². The minimum atomic E-state index is -0.316. The molecule has 1 aliphatic rings. The second-order valence-electron chi connectivity index (χ2n) is 4.75. The number of aryl methyl sites for hydroxylation is 1. The molecule has 0 bridgehead atoms. The van der Waals surface area contributed by atoms with Gasteiger partial charge in [0.05, 0.1) is 6.20 Å². The third kappa shape index (κ3) is 2.81. The van der Waals surface area contributed by atoms with Crippen LogP contribution in [0, 0.1) is 0 Å². The Morgan fingerprint density at radius 3 is 3.05 bits per heavy atom. The lowest BCUT2D eigenvalue weighted by atomic mass is 10.2. The van der Waals surface area contributed by atoms with Crippen LogP contribution < -0.4 is 5.32 Å². The minimum Gasteiger partial charge on any atom is -0.417 e. The highest BCUT2D eigenvalue weighted by Gasteiger charge is 2.30. The third-order valence-electron chi connectivity index (χ3n) is 3.02. The highest BCUT2D eigenvalue weighted by molar-refractivity contribution is 5.89. The molecule has 100 valence electrons. The maximum atomic E-state index is 11.8. The standard InChI is InChI=1S/C12H15N5O2/c1-17-7-8(6-14-17)4-5-13-10(18)12-16-15-11(19-12)9-2-3-9/h6-7,9H,2-5H2,1H3,(H,13,18). The molecule has 7 heteroatoms. The maximum Gasteiger partial charge on any atom is 0.308 e. The monoisotopic (exact) mass is 261 g/mol. The predicted molar refractivity (Wildman–Crippen MR) is 65.5 cm³/mol. The number of aromatic nitrogens is 4. The third-order valence-corrected chi connectivity index (χ3v) is 3.02. The first-order chi connectivity index (χ1) is 9.22. The molecule has 0 atom stereocenters. The second kappa shape index (κ2) is 4.83. The Morgan fingerprint density at radius 2 is 2.37 bits per heavy atom. The lowest BCUT2D eigenvalue weighted by Gasteiger charge is -1.99. The predicted octanol–water partition coefficient (Wildman–Crippen LogP) is 0.653. The molecule has 0 saturated heterocycles. The fourth-order valence-corrected chi connectivity index (χ4v) is 1.82. The molecule has 2 aromatic rings. The molecule has 1 N–H and O–H groups in total. The molecule has 1 amide bonds. The van der Waals surface area contributed by atoms with Crippen LogP contribution >= 0.6 is 0 Å². The van der Waals surface area contributed by atoms with Crippen LogP contribution in [-0.2, 0) is 13.5 Å². The Balaban J connectivity index is 1.50. The molecule has 19 heavy (non-hydrogen) atoms. The molecule has 7 nitrogen and oxygen atoms in total. The zero-order valence-corrected chi connectivity index (χ0v) is 10.7. The summed E-state index contributed by atoms with van der Waals surface area (Å²) in [7, 11) is 1.86. The number of nitrogens with zero attached hydrogens (tertiary/aromatic N) is 4. The highest BCUT2D eigenvalue weighted by Crippen LogP contribution is 2.38. The summed E-state index contributed by atoms with van der Waals surface area (Å²) in [6.07, 6.45) is 6.58. The van der Waals surface area contributed by atoms with Gasteiger partial charge in [-0.15, -0.1) is 10.2 Å². The van der Waals surface area contributed by atoms with E-state index in [9.17, 15) is 4.79 Å². The Labute approximate surface area is 110 Å². The average molecular weight is 261 g/mol. The summed E-state index contributed by atoms with van der Waals surface area (Å²) >= 11 is 0. The van der Waals surface area contributed by atoms with Crippen molar-refractivity contribution in [1.82, 2.24) is 25.3 Å². The van der Waals surface area contributed by atoms with E-state index in [1.807, 2.05) is 13.2 Å². The van der Waals surface area contributed by atoms with Crippen molar-refractivity contribution < 1.29 is 9.21 Å². The van der Waals surface area contributed by atoms with Gasteiger partial charge in [-0.05, 0) is 24.8 Å². The first kappa shape index (κ1) is 11.9. The number of rotatable bonds is 5. The average Bonchev–Trinajstić information content (AvgIpc) is 2.97. The van der Waals surface area contributed by atoms with E-state index >= 15 is 0 Å². The van der Waals surface area contributed by atoms with E-state index in [2.05, 4.69) is 20.6 Å².